The molecular formula is C39H49IrN2O2-. The molecule has 0 saturated carbocycles. The molecule has 0 atom stereocenters. The number of allylic oxidation sites excluding steroid dienone is 2. The largest absolute Gasteiger partial charge is 0.512 e. The Morgan fingerprint density at radius 2 is 1.52 bits per heavy atom. The minimum Gasteiger partial charge on any atom is -0.512 e. The normalized spacial score (nSPS) is 12.8. The molecule has 0 aliphatic carbocycles. The number of fused-ring (bicyclic) bond motifs is 7. The smallest absolute Gasteiger partial charge is 0.164 e. The average Bonchev–Trinajstić information content (AvgIpc) is 3.49. The summed E-state index contributed by atoms with van der Waals surface area (Å²) in [5.41, 5.74) is 4.29. The second kappa shape index (κ2) is 13.5. The number of hydrogen-bond acceptors (Lipinski definition) is 3. The molecule has 0 spiro atoms. The van der Waals surface area contributed by atoms with Crippen LogP contribution in [0.25, 0.3) is 38.1 Å². The molecule has 2 heterocycles. The number of benzene rings is 3. The van der Waals surface area contributed by atoms with Crippen LogP contribution in [0.1, 0.15) is 99.1 Å². The van der Waals surface area contributed by atoms with E-state index in [1.54, 1.807) is 0 Å². The molecule has 0 saturated heterocycles. The van der Waals surface area contributed by atoms with Crippen LogP contribution in [-0.4, -0.2) is 20.3 Å². The van der Waals surface area contributed by atoms with Crippen molar-refractivity contribution < 1.29 is 30.0 Å². The minimum atomic E-state index is -0.337. The van der Waals surface area contributed by atoms with Crippen LogP contribution in [0.4, 0.5) is 0 Å². The number of aromatic nitrogens is 2. The summed E-state index contributed by atoms with van der Waals surface area (Å²) in [6.45, 7) is 21.0. The van der Waals surface area contributed by atoms with Gasteiger partial charge >= 0.3 is 0 Å². The molecule has 0 aliphatic heterocycles. The van der Waals surface area contributed by atoms with Gasteiger partial charge in [-0.25, -0.2) is 0 Å². The summed E-state index contributed by atoms with van der Waals surface area (Å²) in [7, 11) is 0. The number of aryl methyl sites for hydroxylation is 1. The molecule has 5 aromatic rings. The summed E-state index contributed by atoms with van der Waals surface area (Å²) in [5.74, 6) is 0.286. The van der Waals surface area contributed by atoms with E-state index < -0.39 is 0 Å². The Hall–Kier alpha value is -3.01. The number of carbonyl (C=O) groups is 1. The number of ketones is 1. The number of carbonyl (C=O) groups excluding carboxylic acids is 1. The molecule has 0 aliphatic rings. The standard InChI is InChI=1S/C24H21N2.C15H28O2.Ir/c1-15-5-6-16-12-21-20(13-17(16)11-15)19-8-7-18(24(2,3)4)14-22(19)26-10-9-25-23(21)26;1-7-14(5,8-2)12(16)11-13(17)15(6,9-3)10-4;/h5-11,13-14H,1-4H3;11,16H,7-10H2,1-6H3;/q-1;;/b;12-11-;. The number of hydrogen-bond donors (Lipinski definition) is 1. The van der Waals surface area contributed by atoms with Crippen LogP contribution in [0.3, 0.4) is 0 Å². The molecule has 2 aromatic heterocycles. The van der Waals surface area contributed by atoms with Crippen LogP contribution in [0, 0.1) is 23.8 Å². The van der Waals surface area contributed by atoms with Gasteiger partial charge in [-0.05, 0) is 55.0 Å². The summed E-state index contributed by atoms with van der Waals surface area (Å²) in [6, 6.07) is 19.3. The third-order valence-electron chi connectivity index (χ3n) is 9.92. The molecule has 0 amide bonds. The second-order valence-electron chi connectivity index (χ2n) is 13.7. The maximum atomic E-state index is 12.2. The third kappa shape index (κ3) is 6.80. The number of pyridine rings is 1. The van der Waals surface area contributed by atoms with Crippen LogP contribution < -0.4 is 0 Å². The van der Waals surface area contributed by atoms with Crippen molar-refractivity contribution in [2.24, 2.45) is 10.8 Å². The molecule has 5 heteroatoms. The first kappa shape index (κ1) is 35.5. The van der Waals surface area contributed by atoms with E-state index in [-0.39, 0.29) is 47.9 Å². The van der Waals surface area contributed by atoms with E-state index >= 15 is 0 Å². The van der Waals surface area contributed by atoms with Gasteiger partial charge < -0.3 is 9.51 Å². The average molecular weight is 770 g/mol. The van der Waals surface area contributed by atoms with E-state index in [2.05, 4.69) is 91.8 Å². The van der Waals surface area contributed by atoms with Gasteiger partial charge in [0, 0.05) is 54.9 Å². The molecule has 3 aromatic carbocycles. The van der Waals surface area contributed by atoms with Crippen LogP contribution in [0.15, 0.2) is 66.7 Å². The fraction of sp³-hybridized carbons (Fsp3) is 0.436. The van der Waals surface area contributed by atoms with Crippen molar-refractivity contribution in [3.8, 4) is 0 Å². The Balaban J connectivity index is 0.000000260. The summed E-state index contributed by atoms with van der Waals surface area (Å²) >= 11 is 0. The van der Waals surface area contributed by atoms with Gasteiger partial charge in [-0.1, -0.05) is 108 Å². The predicted molar refractivity (Wildman–Crippen MR) is 183 cm³/mol. The van der Waals surface area contributed by atoms with Crippen molar-refractivity contribution in [2.45, 2.75) is 100 Å². The minimum absolute atomic E-state index is 0. The number of aliphatic hydroxyl groups is 1. The van der Waals surface area contributed by atoms with Crippen molar-refractivity contribution in [1.29, 1.82) is 0 Å². The van der Waals surface area contributed by atoms with Gasteiger partial charge in [0.05, 0.1) is 5.65 Å². The van der Waals surface area contributed by atoms with Gasteiger partial charge in [0.2, 0.25) is 0 Å². The molecule has 237 valence electrons. The van der Waals surface area contributed by atoms with E-state index in [0.717, 1.165) is 42.1 Å². The molecular weight excluding hydrogens is 721 g/mol. The molecule has 0 bridgehead atoms. The first-order valence-corrected chi connectivity index (χ1v) is 15.8. The topological polar surface area (TPSA) is 54.6 Å². The zero-order chi connectivity index (χ0) is 31.7. The number of rotatable bonds is 7. The SMILES string of the molecule is CCC(C)(CC)C(=O)/C=C(\O)C(C)(CC)CC.Cc1ccc2[c-]c3c(cc2c1)c1ccc(C(C)(C)C)cc1n1ccnc31.[Ir]. The van der Waals surface area contributed by atoms with Crippen molar-refractivity contribution in [2.75, 3.05) is 0 Å². The summed E-state index contributed by atoms with van der Waals surface area (Å²) in [6.07, 6.45) is 8.69. The Morgan fingerprint density at radius 3 is 2.11 bits per heavy atom. The maximum Gasteiger partial charge on any atom is 0.164 e. The quantitative estimate of drug-likeness (QED) is 0.0590. The van der Waals surface area contributed by atoms with E-state index in [4.69, 9.17) is 0 Å². The van der Waals surface area contributed by atoms with Gasteiger partial charge in [-0.2, -0.15) is 0 Å². The first-order valence-electron chi connectivity index (χ1n) is 15.8. The zero-order valence-corrected chi connectivity index (χ0v) is 30.6. The predicted octanol–water partition coefficient (Wildman–Crippen LogP) is 10.8. The van der Waals surface area contributed by atoms with Crippen molar-refractivity contribution in [1.82, 2.24) is 9.38 Å². The van der Waals surface area contributed by atoms with E-state index in [9.17, 15) is 9.90 Å². The molecule has 0 fully saturated rings. The molecule has 0 unspecified atom stereocenters. The molecule has 44 heavy (non-hydrogen) atoms. The Labute approximate surface area is 277 Å². The summed E-state index contributed by atoms with van der Waals surface area (Å²) in [4.78, 5) is 16.8. The zero-order valence-electron chi connectivity index (χ0n) is 28.2. The van der Waals surface area contributed by atoms with Crippen molar-refractivity contribution in [3.05, 3.63) is 83.9 Å². The van der Waals surface area contributed by atoms with E-state index in [1.807, 2.05) is 47.7 Å². The van der Waals surface area contributed by atoms with Gasteiger partial charge in [0.25, 0.3) is 0 Å². The fourth-order valence-electron chi connectivity index (χ4n) is 5.53. The molecule has 1 N–H and O–H groups in total. The van der Waals surface area contributed by atoms with Gasteiger partial charge in [0.15, 0.2) is 5.78 Å². The molecule has 4 nitrogen and oxygen atoms in total. The summed E-state index contributed by atoms with van der Waals surface area (Å²) < 4.78 is 2.20. The molecule has 5 rings (SSSR count). The Bertz CT molecular complexity index is 1820. The Morgan fingerprint density at radius 1 is 0.886 bits per heavy atom. The number of imidazole rings is 1. The number of nitrogens with zero attached hydrogens (tertiary/aromatic N) is 2. The maximum absolute atomic E-state index is 12.2. The van der Waals surface area contributed by atoms with Gasteiger partial charge in [0.1, 0.15) is 5.76 Å². The second-order valence-corrected chi connectivity index (χ2v) is 13.7. The third-order valence-corrected chi connectivity index (χ3v) is 9.92. The monoisotopic (exact) mass is 770 g/mol. The molecule has 1 radical (unpaired) electrons. The summed E-state index contributed by atoms with van der Waals surface area (Å²) in [5, 5.41) is 16.1. The number of aliphatic hydroxyl groups excluding tert-OH is 1. The fourth-order valence-corrected chi connectivity index (χ4v) is 5.53. The van der Waals surface area contributed by atoms with Crippen LogP contribution in [0.2, 0.25) is 0 Å². The Kier molecular flexibility index (Phi) is 10.9. The van der Waals surface area contributed by atoms with Crippen LogP contribution in [0.5, 0.6) is 0 Å². The first-order chi connectivity index (χ1) is 20.2. The van der Waals surface area contributed by atoms with E-state index in [1.165, 1.54) is 38.9 Å². The van der Waals surface area contributed by atoms with Gasteiger partial charge in [-0.15, -0.1) is 23.6 Å². The van der Waals surface area contributed by atoms with Crippen LogP contribution in [-0.2, 0) is 30.3 Å². The van der Waals surface area contributed by atoms with Gasteiger partial charge in [-0.3, -0.25) is 9.78 Å². The van der Waals surface area contributed by atoms with Crippen molar-refractivity contribution >= 4 is 43.9 Å². The van der Waals surface area contributed by atoms with E-state index in [0.29, 0.717) is 0 Å². The van der Waals surface area contributed by atoms with Crippen LogP contribution >= 0.6 is 0 Å². The van der Waals surface area contributed by atoms with Crippen molar-refractivity contribution in [3.63, 3.8) is 0 Å².